The molecule has 0 spiro atoms. The Bertz CT molecular complexity index is 251. The van der Waals surface area contributed by atoms with E-state index >= 15 is 0 Å². The van der Waals surface area contributed by atoms with Gasteiger partial charge >= 0.3 is 14.8 Å². The standard InChI is InChI=1S/C13H29NO5Si/c1-12(2)11-19-13(15)7-9-14-8-6-10-20(16-3,17-4)18-5/h12,14H,6-11H2,1-5H3. The van der Waals surface area contributed by atoms with Crippen LogP contribution in [0.1, 0.15) is 26.7 Å². The van der Waals surface area contributed by atoms with Crippen molar-refractivity contribution in [3.05, 3.63) is 0 Å². The molecule has 0 aliphatic rings. The lowest BCUT2D eigenvalue weighted by Gasteiger charge is -2.24. The van der Waals surface area contributed by atoms with Crippen molar-refractivity contribution in [1.82, 2.24) is 5.32 Å². The number of hydrogen-bond donors (Lipinski definition) is 1. The Morgan fingerprint density at radius 1 is 1.10 bits per heavy atom. The highest BCUT2D eigenvalue weighted by molar-refractivity contribution is 6.60. The van der Waals surface area contributed by atoms with Crippen LogP contribution in [0.4, 0.5) is 0 Å². The Balaban J connectivity index is 3.60. The highest BCUT2D eigenvalue weighted by Gasteiger charge is 2.36. The predicted octanol–water partition coefficient (Wildman–Crippen LogP) is 1.43. The first-order chi connectivity index (χ1) is 9.49. The van der Waals surface area contributed by atoms with Crippen LogP contribution in [0.3, 0.4) is 0 Å². The van der Waals surface area contributed by atoms with Gasteiger partial charge in [-0.3, -0.25) is 4.79 Å². The average Bonchev–Trinajstić information content (AvgIpc) is 2.45. The first-order valence-corrected chi connectivity index (χ1v) is 8.94. The molecule has 0 unspecified atom stereocenters. The van der Waals surface area contributed by atoms with E-state index in [1.54, 1.807) is 21.3 Å². The van der Waals surface area contributed by atoms with E-state index in [-0.39, 0.29) is 5.97 Å². The van der Waals surface area contributed by atoms with Gasteiger partial charge in [0.1, 0.15) is 0 Å². The molecule has 0 aliphatic heterocycles. The van der Waals surface area contributed by atoms with Crippen LogP contribution in [-0.2, 0) is 22.8 Å². The van der Waals surface area contributed by atoms with Crippen LogP contribution in [0, 0.1) is 5.92 Å². The SMILES string of the molecule is CO[Si](CCCNCCC(=O)OCC(C)C)(OC)OC. The van der Waals surface area contributed by atoms with Crippen LogP contribution in [0.25, 0.3) is 0 Å². The van der Waals surface area contributed by atoms with Crippen molar-refractivity contribution in [2.24, 2.45) is 5.92 Å². The van der Waals surface area contributed by atoms with Crippen LogP contribution in [0.15, 0.2) is 0 Å². The molecular formula is C13H29NO5Si. The van der Waals surface area contributed by atoms with Gasteiger partial charge in [-0.15, -0.1) is 0 Å². The maximum absolute atomic E-state index is 11.4. The number of rotatable bonds is 12. The average molecular weight is 307 g/mol. The van der Waals surface area contributed by atoms with Crippen molar-refractivity contribution in [3.8, 4) is 0 Å². The molecule has 20 heavy (non-hydrogen) atoms. The summed E-state index contributed by atoms with van der Waals surface area (Å²) in [5, 5.41) is 3.20. The van der Waals surface area contributed by atoms with E-state index in [1.165, 1.54) is 0 Å². The molecule has 0 aromatic heterocycles. The van der Waals surface area contributed by atoms with Gasteiger partial charge in [-0.25, -0.2) is 0 Å². The number of nitrogens with one attached hydrogen (secondary N) is 1. The molecule has 0 aromatic carbocycles. The first kappa shape index (κ1) is 19.5. The third kappa shape index (κ3) is 8.65. The Hall–Kier alpha value is -0.473. The summed E-state index contributed by atoms with van der Waals surface area (Å²) in [4.78, 5) is 11.4. The van der Waals surface area contributed by atoms with Gasteiger partial charge in [0.25, 0.3) is 0 Å². The van der Waals surface area contributed by atoms with E-state index in [0.29, 0.717) is 25.5 Å². The smallest absolute Gasteiger partial charge is 0.465 e. The Morgan fingerprint density at radius 2 is 1.70 bits per heavy atom. The summed E-state index contributed by atoms with van der Waals surface area (Å²) in [5.41, 5.74) is 0. The largest absolute Gasteiger partial charge is 0.500 e. The van der Waals surface area contributed by atoms with Crippen LogP contribution < -0.4 is 5.32 Å². The molecule has 0 fully saturated rings. The van der Waals surface area contributed by atoms with Gasteiger partial charge in [0.15, 0.2) is 0 Å². The van der Waals surface area contributed by atoms with Gasteiger partial charge in [-0.1, -0.05) is 13.8 Å². The van der Waals surface area contributed by atoms with Crippen molar-refractivity contribution >= 4 is 14.8 Å². The summed E-state index contributed by atoms with van der Waals surface area (Å²) in [6, 6.07) is 0.751. The van der Waals surface area contributed by atoms with Crippen molar-refractivity contribution in [3.63, 3.8) is 0 Å². The molecule has 7 heteroatoms. The topological polar surface area (TPSA) is 66.0 Å². The Kier molecular flexibility index (Phi) is 10.9. The van der Waals surface area contributed by atoms with E-state index in [0.717, 1.165) is 19.0 Å². The molecule has 120 valence electrons. The number of hydrogen-bond acceptors (Lipinski definition) is 6. The third-order valence-electron chi connectivity index (χ3n) is 2.85. The summed E-state index contributed by atoms with van der Waals surface area (Å²) in [5.74, 6) is 0.225. The monoisotopic (exact) mass is 307 g/mol. The zero-order valence-corrected chi connectivity index (χ0v) is 14.4. The minimum absolute atomic E-state index is 0.152. The molecule has 0 saturated carbocycles. The highest BCUT2D eigenvalue weighted by atomic mass is 28.4. The molecule has 0 bridgehead atoms. The lowest BCUT2D eigenvalue weighted by Crippen LogP contribution is -2.43. The number of ether oxygens (including phenoxy) is 1. The van der Waals surface area contributed by atoms with E-state index in [2.05, 4.69) is 5.32 Å². The van der Waals surface area contributed by atoms with Gasteiger partial charge in [0, 0.05) is 33.9 Å². The van der Waals surface area contributed by atoms with E-state index in [4.69, 9.17) is 18.0 Å². The summed E-state index contributed by atoms with van der Waals surface area (Å²) < 4.78 is 21.1. The van der Waals surface area contributed by atoms with Crippen molar-refractivity contribution in [2.75, 3.05) is 41.0 Å². The fraction of sp³-hybridized carbons (Fsp3) is 0.923. The van der Waals surface area contributed by atoms with Crippen LogP contribution >= 0.6 is 0 Å². The molecule has 0 amide bonds. The molecule has 0 heterocycles. The second-order valence-corrected chi connectivity index (χ2v) is 8.07. The minimum atomic E-state index is -2.46. The Morgan fingerprint density at radius 3 is 2.20 bits per heavy atom. The predicted molar refractivity (Wildman–Crippen MR) is 79.5 cm³/mol. The van der Waals surface area contributed by atoms with Gasteiger partial charge in [-0.2, -0.15) is 0 Å². The number of esters is 1. The lowest BCUT2D eigenvalue weighted by molar-refractivity contribution is -0.144. The van der Waals surface area contributed by atoms with E-state index < -0.39 is 8.80 Å². The molecule has 6 nitrogen and oxygen atoms in total. The maximum atomic E-state index is 11.4. The quantitative estimate of drug-likeness (QED) is 0.334. The third-order valence-corrected chi connectivity index (χ3v) is 5.69. The molecule has 0 saturated heterocycles. The Labute approximate surface area is 123 Å². The summed E-state index contributed by atoms with van der Waals surface area (Å²) >= 11 is 0. The van der Waals surface area contributed by atoms with E-state index in [1.807, 2.05) is 13.8 Å². The van der Waals surface area contributed by atoms with Crippen LogP contribution in [0.5, 0.6) is 0 Å². The summed E-state index contributed by atoms with van der Waals surface area (Å²) in [6.07, 6.45) is 1.27. The zero-order chi connectivity index (χ0) is 15.4. The fourth-order valence-corrected chi connectivity index (χ4v) is 3.36. The minimum Gasteiger partial charge on any atom is -0.465 e. The normalized spacial score (nSPS) is 11.9. The fourth-order valence-electron chi connectivity index (χ4n) is 1.63. The van der Waals surface area contributed by atoms with Crippen molar-refractivity contribution < 1.29 is 22.8 Å². The number of carbonyl (C=O) groups is 1. The number of carbonyl (C=O) groups excluding carboxylic acids is 1. The summed E-state index contributed by atoms with van der Waals surface area (Å²) in [7, 11) is 2.37. The van der Waals surface area contributed by atoms with Gasteiger partial charge in [-0.05, 0) is 18.9 Å². The van der Waals surface area contributed by atoms with Crippen LogP contribution in [0.2, 0.25) is 6.04 Å². The molecule has 0 atom stereocenters. The van der Waals surface area contributed by atoms with Crippen LogP contribution in [-0.4, -0.2) is 55.8 Å². The molecule has 0 aromatic rings. The zero-order valence-electron chi connectivity index (χ0n) is 13.4. The lowest BCUT2D eigenvalue weighted by atomic mass is 10.2. The van der Waals surface area contributed by atoms with Crippen molar-refractivity contribution in [2.45, 2.75) is 32.7 Å². The maximum Gasteiger partial charge on any atom is 0.500 e. The molecular weight excluding hydrogens is 278 g/mol. The molecule has 0 aliphatic carbocycles. The first-order valence-electron chi connectivity index (χ1n) is 7.01. The molecule has 0 rings (SSSR count). The summed E-state index contributed by atoms with van der Waals surface area (Å²) in [6.45, 7) is 5.94. The second-order valence-electron chi connectivity index (χ2n) is 4.98. The second kappa shape index (κ2) is 11.2. The highest BCUT2D eigenvalue weighted by Crippen LogP contribution is 2.14. The van der Waals surface area contributed by atoms with E-state index in [9.17, 15) is 4.79 Å². The van der Waals surface area contributed by atoms with Gasteiger partial charge in [0.05, 0.1) is 13.0 Å². The van der Waals surface area contributed by atoms with Gasteiger partial charge < -0.3 is 23.3 Å². The molecule has 1 N–H and O–H groups in total. The van der Waals surface area contributed by atoms with Crippen molar-refractivity contribution in [1.29, 1.82) is 0 Å². The van der Waals surface area contributed by atoms with Gasteiger partial charge in [0.2, 0.25) is 0 Å². The molecule has 0 radical (unpaired) electrons.